The number of rotatable bonds is 5. The van der Waals surface area contributed by atoms with Crippen molar-refractivity contribution in [2.24, 2.45) is 0 Å². The van der Waals surface area contributed by atoms with Crippen LogP contribution in [0.5, 0.6) is 0 Å². The Labute approximate surface area is 133 Å². The molecule has 3 rings (SSSR count). The van der Waals surface area contributed by atoms with E-state index in [0.29, 0.717) is 0 Å². The lowest BCUT2D eigenvalue weighted by atomic mass is 10.2. The van der Waals surface area contributed by atoms with E-state index in [1.54, 1.807) is 11.3 Å². The highest BCUT2D eigenvalue weighted by Gasteiger charge is 2.09. The zero-order valence-corrected chi connectivity index (χ0v) is 13.5. The summed E-state index contributed by atoms with van der Waals surface area (Å²) in [5, 5.41) is 1.12. The first-order valence-corrected chi connectivity index (χ1v) is 8.78. The van der Waals surface area contributed by atoms with Gasteiger partial charge >= 0.3 is 0 Å². The van der Waals surface area contributed by atoms with Crippen molar-refractivity contribution in [3.05, 3.63) is 71.0 Å². The van der Waals surface area contributed by atoms with Crippen LogP contribution in [0.25, 0.3) is 10.6 Å². The van der Waals surface area contributed by atoms with Crippen LogP contribution in [0.4, 0.5) is 0 Å². The lowest BCUT2D eigenvalue weighted by molar-refractivity contribution is 1.21. The highest BCUT2D eigenvalue weighted by Crippen LogP contribution is 2.30. The fourth-order valence-corrected chi connectivity index (χ4v) is 4.26. The van der Waals surface area contributed by atoms with Crippen LogP contribution in [0.2, 0.25) is 0 Å². The summed E-state index contributed by atoms with van der Waals surface area (Å²) in [5.74, 6) is 2.00. The number of thiazole rings is 1. The van der Waals surface area contributed by atoms with Crippen LogP contribution in [0.1, 0.15) is 16.1 Å². The van der Waals surface area contributed by atoms with E-state index in [9.17, 15) is 0 Å². The van der Waals surface area contributed by atoms with Gasteiger partial charge in [-0.25, -0.2) is 4.98 Å². The Morgan fingerprint density at radius 2 is 1.90 bits per heavy atom. The van der Waals surface area contributed by atoms with Crippen LogP contribution in [0, 0.1) is 6.92 Å². The lowest BCUT2D eigenvalue weighted by Crippen LogP contribution is -1.84. The summed E-state index contributed by atoms with van der Waals surface area (Å²) < 4.78 is 0. The van der Waals surface area contributed by atoms with Gasteiger partial charge in [0, 0.05) is 34.3 Å². The Balaban J connectivity index is 1.65. The van der Waals surface area contributed by atoms with E-state index in [1.807, 2.05) is 36.3 Å². The van der Waals surface area contributed by atoms with Gasteiger partial charge < -0.3 is 0 Å². The van der Waals surface area contributed by atoms with Gasteiger partial charge in [0.25, 0.3) is 0 Å². The van der Waals surface area contributed by atoms with E-state index in [1.165, 1.54) is 16.0 Å². The maximum absolute atomic E-state index is 4.70. The van der Waals surface area contributed by atoms with Crippen LogP contribution in [0.3, 0.4) is 0 Å². The minimum atomic E-state index is 0.992. The molecule has 0 aliphatic carbocycles. The maximum atomic E-state index is 4.70. The highest BCUT2D eigenvalue weighted by atomic mass is 32.2. The highest BCUT2D eigenvalue weighted by molar-refractivity contribution is 7.97. The zero-order chi connectivity index (χ0) is 14.5. The predicted molar refractivity (Wildman–Crippen MR) is 91.5 cm³/mol. The fourth-order valence-electron chi connectivity index (χ4n) is 2.01. The molecule has 0 N–H and O–H groups in total. The summed E-state index contributed by atoms with van der Waals surface area (Å²) in [6, 6.07) is 14.5. The fraction of sp³-hybridized carbons (Fsp3) is 0.176. The van der Waals surface area contributed by atoms with Crippen LogP contribution >= 0.6 is 23.1 Å². The van der Waals surface area contributed by atoms with E-state index < -0.39 is 0 Å². The second kappa shape index (κ2) is 6.87. The topological polar surface area (TPSA) is 25.8 Å². The van der Waals surface area contributed by atoms with Crippen molar-refractivity contribution in [2.75, 3.05) is 0 Å². The number of aromatic nitrogens is 2. The van der Waals surface area contributed by atoms with Crippen molar-refractivity contribution in [1.29, 1.82) is 0 Å². The number of pyridine rings is 1. The minimum absolute atomic E-state index is 0.992. The summed E-state index contributed by atoms with van der Waals surface area (Å²) in [4.78, 5) is 10.2. The van der Waals surface area contributed by atoms with Gasteiger partial charge in [-0.2, -0.15) is 11.8 Å². The molecule has 21 heavy (non-hydrogen) atoms. The Bertz CT molecular complexity index is 693. The Morgan fingerprint density at radius 3 is 2.67 bits per heavy atom. The summed E-state index contributed by atoms with van der Waals surface area (Å²) in [6.45, 7) is 2.10. The standard InChI is InChI=1S/C17H16N2S2/c1-13-16(12-20-11-14-6-5-9-18-10-14)21-17(19-13)15-7-3-2-4-8-15/h2-10H,11-12H2,1H3. The summed E-state index contributed by atoms with van der Waals surface area (Å²) in [5.41, 5.74) is 3.62. The number of aryl methyl sites for hydroxylation is 1. The SMILES string of the molecule is Cc1nc(-c2ccccc2)sc1CSCc1cccnc1. The molecule has 2 aromatic heterocycles. The average molecular weight is 312 g/mol. The third kappa shape index (κ3) is 3.71. The molecule has 3 aromatic rings. The number of benzene rings is 1. The molecule has 0 aliphatic rings. The first-order chi connectivity index (χ1) is 10.3. The molecule has 0 saturated carbocycles. The zero-order valence-electron chi connectivity index (χ0n) is 11.8. The van der Waals surface area contributed by atoms with Gasteiger partial charge in [-0.15, -0.1) is 11.3 Å². The molecule has 0 unspecified atom stereocenters. The van der Waals surface area contributed by atoms with Gasteiger partial charge in [-0.1, -0.05) is 36.4 Å². The molecule has 0 saturated heterocycles. The third-order valence-electron chi connectivity index (χ3n) is 3.14. The van der Waals surface area contributed by atoms with Crippen LogP contribution in [-0.2, 0) is 11.5 Å². The molecule has 2 heterocycles. The molecule has 106 valence electrons. The van der Waals surface area contributed by atoms with Gasteiger partial charge in [0.1, 0.15) is 5.01 Å². The first kappa shape index (κ1) is 14.3. The van der Waals surface area contributed by atoms with Crippen molar-refractivity contribution in [3.8, 4) is 10.6 Å². The third-order valence-corrected chi connectivity index (χ3v) is 5.56. The van der Waals surface area contributed by atoms with E-state index in [4.69, 9.17) is 4.98 Å². The molecule has 0 aliphatic heterocycles. The van der Waals surface area contributed by atoms with Gasteiger partial charge in [0.2, 0.25) is 0 Å². The predicted octanol–water partition coefficient (Wildman–Crippen LogP) is 4.95. The van der Waals surface area contributed by atoms with E-state index in [-0.39, 0.29) is 0 Å². The monoisotopic (exact) mass is 312 g/mol. The quantitative estimate of drug-likeness (QED) is 0.667. The molecule has 0 amide bonds. The van der Waals surface area contributed by atoms with Crippen molar-refractivity contribution in [2.45, 2.75) is 18.4 Å². The van der Waals surface area contributed by atoms with E-state index in [2.05, 4.69) is 42.2 Å². The Morgan fingerprint density at radius 1 is 1.05 bits per heavy atom. The second-order valence-corrected chi connectivity index (χ2v) is 6.82. The van der Waals surface area contributed by atoms with Crippen LogP contribution < -0.4 is 0 Å². The first-order valence-electron chi connectivity index (χ1n) is 6.81. The molecule has 0 fully saturated rings. The van der Waals surface area contributed by atoms with Gasteiger partial charge in [0.05, 0.1) is 5.69 Å². The van der Waals surface area contributed by atoms with E-state index in [0.717, 1.165) is 22.2 Å². The molecule has 2 nitrogen and oxygen atoms in total. The molecular formula is C17H16N2S2. The van der Waals surface area contributed by atoms with Gasteiger partial charge in [0.15, 0.2) is 0 Å². The maximum Gasteiger partial charge on any atom is 0.123 e. The normalized spacial score (nSPS) is 10.7. The van der Waals surface area contributed by atoms with Crippen LogP contribution in [0.15, 0.2) is 54.9 Å². The van der Waals surface area contributed by atoms with Gasteiger partial charge in [-0.3, -0.25) is 4.98 Å². The Kier molecular flexibility index (Phi) is 4.68. The largest absolute Gasteiger partial charge is 0.264 e. The van der Waals surface area contributed by atoms with Gasteiger partial charge in [-0.05, 0) is 18.6 Å². The smallest absolute Gasteiger partial charge is 0.123 e. The summed E-state index contributed by atoms with van der Waals surface area (Å²) >= 11 is 3.71. The minimum Gasteiger partial charge on any atom is -0.264 e. The van der Waals surface area contributed by atoms with E-state index >= 15 is 0 Å². The number of nitrogens with zero attached hydrogens (tertiary/aromatic N) is 2. The van der Waals surface area contributed by atoms with Crippen molar-refractivity contribution in [1.82, 2.24) is 9.97 Å². The molecular weight excluding hydrogens is 296 g/mol. The van der Waals surface area contributed by atoms with Crippen molar-refractivity contribution >= 4 is 23.1 Å². The average Bonchev–Trinajstić information content (AvgIpc) is 2.91. The number of thioether (sulfide) groups is 1. The summed E-state index contributed by atoms with van der Waals surface area (Å²) in [7, 11) is 0. The number of hydrogen-bond acceptors (Lipinski definition) is 4. The summed E-state index contributed by atoms with van der Waals surface area (Å²) in [6.07, 6.45) is 3.75. The molecule has 1 aromatic carbocycles. The Hall–Kier alpha value is -1.65. The molecule has 4 heteroatoms. The van der Waals surface area contributed by atoms with Crippen molar-refractivity contribution in [3.63, 3.8) is 0 Å². The molecule has 0 spiro atoms. The molecule has 0 radical (unpaired) electrons. The van der Waals surface area contributed by atoms with Crippen molar-refractivity contribution < 1.29 is 0 Å². The lowest BCUT2D eigenvalue weighted by Gasteiger charge is -2.00. The molecule has 0 bridgehead atoms. The second-order valence-electron chi connectivity index (χ2n) is 4.75. The molecule has 0 atom stereocenters. The van der Waals surface area contributed by atoms with Crippen LogP contribution in [-0.4, -0.2) is 9.97 Å². The number of hydrogen-bond donors (Lipinski definition) is 0.